The lowest BCUT2D eigenvalue weighted by atomic mass is 10.2. The van der Waals surface area contributed by atoms with E-state index >= 15 is 0 Å². The molecule has 3 rings (SSSR count). The highest BCUT2D eigenvalue weighted by Gasteiger charge is 2.23. The van der Waals surface area contributed by atoms with Crippen molar-refractivity contribution < 1.29 is 9.59 Å². The zero-order valence-corrected chi connectivity index (χ0v) is 15.1. The Morgan fingerprint density at radius 2 is 2.00 bits per heavy atom. The van der Waals surface area contributed by atoms with Gasteiger partial charge in [-0.3, -0.25) is 9.59 Å². The minimum Gasteiger partial charge on any atom is -0.342 e. The van der Waals surface area contributed by atoms with Gasteiger partial charge < -0.3 is 14.7 Å². The van der Waals surface area contributed by atoms with Crippen molar-refractivity contribution in [3.8, 4) is 0 Å². The topological polar surface area (TPSA) is 69.6 Å². The summed E-state index contributed by atoms with van der Waals surface area (Å²) in [5.74, 6) is 0.384. The number of rotatable bonds is 5. The van der Waals surface area contributed by atoms with Gasteiger partial charge in [0.2, 0.25) is 12.4 Å². The largest absolute Gasteiger partial charge is 0.342 e. The first-order chi connectivity index (χ1) is 12.6. The first-order valence-corrected chi connectivity index (χ1v) is 8.78. The second kappa shape index (κ2) is 7.95. The van der Waals surface area contributed by atoms with E-state index < -0.39 is 0 Å². The smallest absolute Gasteiger partial charge is 0.272 e. The fourth-order valence-corrected chi connectivity index (χ4v) is 3.03. The van der Waals surface area contributed by atoms with Crippen LogP contribution < -0.4 is 4.90 Å². The molecule has 0 aliphatic carbocycles. The summed E-state index contributed by atoms with van der Waals surface area (Å²) in [5.41, 5.74) is 2.53. The highest BCUT2D eigenvalue weighted by molar-refractivity contribution is 5.92. The molecule has 1 saturated heterocycles. The molecule has 7 heteroatoms. The summed E-state index contributed by atoms with van der Waals surface area (Å²) in [6.45, 7) is 6.91. The highest BCUT2D eigenvalue weighted by atomic mass is 16.2. The molecule has 1 aromatic carbocycles. The maximum atomic E-state index is 12.8. The molecule has 1 aliphatic heterocycles. The Morgan fingerprint density at radius 1 is 1.23 bits per heavy atom. The number of aryl methyl sites for hydroxylation is 1. The van der Waals surface area contributed by atoms with Gasteiger partial charge in [-0.2, -0.15) is 0 Å². The van der Waals surface area contributed by atoms with Crippen LogP contribution >= 0.6 is 0 Å². The van der Waals surface area contributed by atoms with Gasteiger partial charge in [0, 0.05) is 44.6 Å². The van der Waals surface area contributed by atoms with E-state index in [9.17, 15) is 9.59 Å². The maximum absolute atomic E-state index is 12.8. The van der Waals surface area contributed by atoms with Crippen molar-refractivity contribution >= 4 is 24.0 Å². The summed E-state index contributed by atoms with van der Waals surface area (Å²) in [6.07, 6.45) is 2.45. The quantitative estimate of drug-likeness (QED) is 0.768. The molecule has 1 aromatic heterocycles. The molecule has 1 aliphatic rings. The predicted molar refractivity (Wildman–Crippen MR) is 99.4 cm³/mol. The number of amides is 2. The number of benzene rings is 1. The Balaban J connectivity index is 1.81. The second-order valence-electron chi connectivity index (χ2n) is 6.26. The van der Waals surface area contributed by atoms with Crippen molar-refractivity contribution in [2.24, 2.45) is 0 Å². The number of nitrogens with zero attached hydrogens (tertiary/aromatic N) is 5. The Hall–Kier alpha value is -2.96. The molecule has 0 unspecified atom stereocenters. The van der Waals surface area contributed by atoms with Crippen LogP contribution in [0.3, 0.4) is 0 Å². The molecular formula is C19H23N5O2. The van der Waals surface area contributed by atoms with E-state index in [0.717, 1.165) is 17.7 Å². The van der Waals surface area contributed by atoms with E-state index in [0.29, 0.717) is 44.4 Å². The molecule has 0 bridgehead atoms. The predicted octanol–water partition coefficient (Wildman–Crippen LogP) is 1.86. The van der Waals surface area contributed by atoms with Crippen LogP contribution in [0.2, 0.25) is 0 Å². The average Bonchev–Trinajstić information content (AvgIpc) is 2.68. The van der Waals surface area contributed by atoms with E-state index in [2.05, 4.69) is 16.0 Å². The Labute approximate surface area is 153 Å². The van der Waals surface area contributed by atoms with Gasteiger partial charge in [-0.1, -0.05) is 12.1 Å². The lowest BCUT2D eigenvalue weighted by Gasteiger charge is -2.32. The van der Waals surface area contributed by atoms with Crippen molar-refractivity contribution in [1.82, 2.24) is 19.8 Å². The normalized spacial score (nSPS) is 14.2. The van der Waals surface area contributed by atoms with Crippen LogP contribution in [0.1, 0.15) is 23.0 Å². The van der Waals surface area contributed by atoms with Crippen LogP contribution in [0.15, 0.2) is 36.5 Å². The third-order valence-corrected chi connectivity index (χ3v) is 4.48. The van der Waals surface area contributed by atoms with Gasteiger partial charge in [-0.15, -0.1) is 0 Å². The molecule has 2 amide bonds. The summed E-state index contributed by atoms with van der Waals surface area (Å²) < 4.78 is 0. The molecule has 7 nitrogen and oxygen atoms in total. The van der Waals surface area contributed by atoms with Crippen molar-refractivity contribution in [1.29, 1.82) is 0 Å². The molecule has 26 heavy (non-hydrogen) atoms. The number of carbonyl (C=O) groups excluding carboxylic acids is 2. The fourth-order valence-electron chi connectivity index (χ4n) is 3.03. The lowest BCUT2D eigenvalue weighted by molar-refractivity contribution is -0.119. The average molecular weight is 353 g/mol. The van der Waals surface area contributed by atoms with Crippen LogP contribution in [-0.4, -0.2) is 64.8 Å². The number of carbonyl (C=O) groups is 2. The molecule has 0 atom stereocenters. The summed E-state index contributed by atoms with van der Waals surface area (Å²) in [6, 6.07) is 9.75. The molecule has 0 radical (unpaired) electrons. The third kappa shape index (κ3) is 3.82. The van der Waals surface area contributed by atoms with Gasteiger partial charge in [-0.25, -0.2) is 9.97 Å². The van der Waals surface area contributed by atoms with Gasteiger partial charge in [0.05, 0.1) is 0 Å². The first kappa shape index (κ1) is 17.8. The van der Waals surface area contributed by atoms with Crippen molar-refractivity contribution in [2.75, 3.05) is 37.6 Å². The van der Waals surface area contributed by atoms with Gasteiger partial charge in [0.15, 0.2) is 0 Å². The van der Waals surface area contributed by atoms with Gasteiger partial charge in [0.25, 0.3) is 5.91 Å². The SMILES string of the molecule is CCN(c1cccc(C)c1)c1nccc(C(=O)N2CCN(C=O)CC2)n1. The van der Waals surface area contributed by atoms with E-state index in [-0.39, 0.29) is 5.91 Å². The lowest BCUT2D eigenvalue weighted by Crippen LogP contribution is -2.48. The fraction of sp³-hybridized carbons (Fsp3) is 0.368. The number of hydrogen-bond acceptors (Lipinski definition) is 5. The zero-order valence-electron chi connectivity index (χ0n) is 15.1. The van der Waals surface area contributed by atoms with Gasteiger partial charge >= 0.3 is 0 Å². The Kier molecular flexibility index (Phi) is 5.46. The van der Waals surface area contributed by atoms with Crippen LogP contribution in [-0.2, 0) is 4.79 Å². The molecule has 1 fully saturated rings. The molecular weight excluding hydrogens is 330 g/mol. The minimum absolute atomic E-state index is 0.125. The Bertz CT molecular complexity index is 787. The van der Waals surface area contributed by atoms with Crippen LogP contribution in [0, 0.1) is 6.92 Å². The summed E-state index contributed by atoms with van der Waals surface area (Å²) in [4.78, 5) is 37.8. The highest BCUT2D eigenvalue weighted by Crippen LogP contribution is 2.23. The molecule has 2 heterocycles. The summed E-state index contributed by atoms with van der Waals surface area (Å²) >= 11 is 0. The van der Waals surface area contributed by atoms with E-state index in [4.69, 9.17) is 0 Å². The third-order valence-electron chi connectivity index (χ3n) is 4.48. The van der Waals surface area contributed by atoms with Crippen LogP contribution in [0.25, 0.3) is 0 Å². The first-order valence-electron chi connectivity index (χ1n) is 8.78. The maximum Gasteiger partial charge on any atom is 0.272 e. The standard InChI is InChI=1S/C19H23N5O2/c1-3-24(16-6-4-5-15(2)13-16)19-20-8-7-17(21-19)18(26)23-11-9-22(14-25)10-12-23/h4-8,13-14H,3,9-12H2,1-2H3. The van der Waals surface area contributed by atoms with Crippen molar-refractivity contribution in [2.45, 2.75) is 13.8 Å². The van der Waals surface area contributed by atoms with Gasteiger partial charge in [-0.05, 0) is 37.6 Å². The van der Waals surface area contributed by atoms with Crippen molar-refractivity contribution in [3.63, 3.8) is 0 Å². The monoisotopic (exact) mass is 353 g/mol. The number of piperazine rings is 1. The Morgan fingerprint density at radius 3 is 2.65 bits per heavy atom. The van der Waals surface area contributed by atoms with E-state index in [1.807, 2.05) is 36.9 Å². The molecule has 0 spiro atoms. The zero-order chi connectivity index (χ0) is 18.5. The number of aromatic nitrogens is 2. The van der Waals surface area contributed by atoms with Crippen LogP contribution in [0.5, 0.6) is 0 Å². The molecule has 0 saturated carbocycles. The summed E-state index contributed by atoms with van der Waals surface area (Å²) in [5, 5.41) is 0. The number of hydrogen-bond donors (Lipinski definition) is 0. The van der Waals surface area contributed by atoms with Crippen LogP contribution in [0.4, 0.5) is 11.6 Å². The van der Waals surface area contributed by atoms with E-state index in [1.54, 1.807) is 22.1 Å². The number of anilines is 2. The molecule has 0 N–H and O–H groups in total. The van der Waals surface area contributed by atoms with Crippen molar-refractivity contribution in [3.05, 3.63) is 47.8 Å². The molecule has 136 valence electrons. The van der Waals surface area contributed by atoms with Gasteiger partial charge in [0.1, 0.15) is 5.69 Å². The minimum atomic E-state index is -0.125. The van der Waals surface area contributed by atoms with E-state index in [1.165, 1.54) is 0 Å². The molecule has 2 aromatic rings. The second-order valence-corrected chi connectivity index (χ2v) is 6.26. The summed E-state index contributed by atoms with van der Waals surface area (Å²) in [7, 11) is 0.